The monoisotopic (exact) mass is 348 g/mol. The normalized spacial score (nSPS) is 17.6. The molecule has 0 saturated carbocycles. The fourth-order valence-electron chi connectivity index (χ4n) is 1.50. The maximum Gasteiger partial charge on any atom is 0.347 e. The lowest BCUT2D eigenvalue weighted by molar-refractivity contribution is -0.151. The van der Waals surface area contributed by atoms with Crippen LogP contribution in [0.5, 0.6) is 0 Å². The molecule has 1 aliphatic heterocycles. The number of thioether (sulfide) groups is 2. The summed E-state index contributed by atoms with van der Waals surface area (Å²) >= 11 is 2.43. The van der Waals surface area contributed by atoms with E-state index in [1.165, 1.54) is 18.7 Å². The van der Waals surface area contributed by atoms with E-state index < -0.39 is 23.3 Å². The Balaban J connectivity index is 2.99. The molecule has 124 valence electrons. The van der Waals surface area contributed by atoms with Gasteiger partial charge >= 0.3 is 17.9 Å². The van der Waals surface area contributed by atoms with Crippen LogP contribution in [0.25, 0.3) is 0 Å². The Morgan fingerprint density at radius 1 is 1.05 bits per heavy atom. The lowest BCUT2D eigenvalue weighted by Gasteiger charge is -2.14. The summed E-state index contributed by atoms with van der Waals surface area (Å²) in [7, 11) is 0. The zero-order valence-electron chi connectivity index (χ0n) is 13.2. The van der Waals surface area contributed by atoms with Crippen LogP contribution in [0.2, 0.25) is 0 Å². The summed E-state index contributed by atoms with van der Waals surface area (Å²) in [6, 6.07) is 0. The van der Waals surface area contributed by atoms with Crippen LogP contribution in [0.3, 0.4) is 0 Å². The standard InChI is InChI=1S/C14H20O6S2/c1-7(2)18-12(16)11(13(17)19-8(3)4)14-21-6-10(22-14)20-9(5)15/h7-8,10H,6H2,1-5H3. The first-order chi connectivity index (χ1) is 10.2. The van der Waals surface area contributed by atoms with Crippen molar-refractivity contribution in [1.29, 1.82) is 0 Å². The summed E-state index contributed by atoms with van der Waals surface area (Å²) in [5.74, 6) is -1.39. The van der Waals surface area contributed by atoms with Crippen LogP contribution in [-0.2, 0) is 28.6 Å². The van der Waals surface area contributed by atoms with E-state index in [2.05, 4.69) is 0 Å². The SMILES string of the molecule is CC(=O)OC1CSC(=C(C(=O)OC(C)C)C(=O)OC(C)C)S1. The van der Waals surface area contributed by atoms with E-state index in [-0.39, 0.29) is 17.8 Å². The highest BCUT2D eigenvalue weighted by Crippen LogP contribution is 2.44. The van der Waals surface area contributed by atoms with Crippen LogP contribution in [0.4, 0.5) is 0 Å². The van der Waals surface area contributed by atoms with Gasteiger partial charge in [-0.2, -0.15) is 0 Å². The van der Waals surface area contributed by atoms with E-state index in [1.54, 1.807) is 27.7 Å². The second-order valence-electron chi connectivity index (χ2n) is 5.04. The first-order valence-corrected chi connectivity index (χ1v) is 8.70. The van der Waals surface area contributed by atoms with Crippen LogP contribution in [0, 0.1) is 0 Å². The minimum atomic E-state index is -0.723. The molecule has 0 aliphatic carbocycles. The van der Waals surface area contributed by atoms with Crippen molar-refractivity contribution in [1.82, 2.24) is 0 Å². The highest BCUT2D eigenvalue weighted by atomic mass is 32.2. The molecule has 1 aliphatic rings. The quantitative estimate of drug-likeness (QED) is 0.246. The molecule has 0 spiro atoms. The molecule has 22 heavy (non-hydrogen) atoms. The fraction of sp³-hybridized carbons (Fsp3) is 0.643. The van der Waals surface area contributed by atoms with Crippen molar-refractivity contribution in [2.75, 3.05) is 5.75 Å². The summed E-state index contributed by atoms with van der Waals surface area (Å²) in [6.45, 7) is 8.11. The van der Waals surface area contributed by atoms with E-state index >= 15 is 0 Å². The average molecular weight is 348 g/mol. The molecule has 1 atom stereocenters. The van der Waals surface area contributed by atoms with Crippen molar-refractivity contribution >= 4 is 41.4 Å². The predicted molar refractivity (Wildman–Crippen MR) is 85.1 cm³/mol. The van der Waals surface area contributed by atoms with Crippen molar-refractivity contribution in [3.8, 4) is 0 Å². The third-order valence-corrected chi connectivity index (χ3v) is 4.92. The highest BCUT2D eigenvalue weighted by molar-refractivity contribution is 8.25. The predicted octanol–water partition coefficient (Wildman–Crippen LogP) is 2.47. The van der Waals surface area contributed by atoms with E-state index in [0.29, 0.717) is 9.99 Å². The first-order valence-electron chi connectivity index (χ1n) is 6.83. The van der Waals surface area contributed by atoms with Gasteiger partial charge in [0.25, 0.3) is 0 Å². The van der Waals surface area contributed by atoms with Crippen LogP contribution >= 0.6 is 23.5 Å². The molecule has 1 heterocycles. The number of carbonyl (C=O) groups excluding carboxylic acids is 3. The summed E-state index contributed by atoms with van der Waals surface area (Å²) in [4.78, 5) is 35.3. The van der Waals surface area contributed by atoms with Gasteiger partial charge in [0.2, 0.25) is 0 Å². The van der Waals surface area contributed by atoms with Gasteiger partial charge < -0.3 is 14.2 Å². The number of rotatable bonds is 5. The van der Waals surface area contributed by atoms with Crippen LogP contribution < -0.4 is 0 Å². The Bertz CT molecular complexity index is 460. The number of hydrogen-bond donors (Lipinski definition) is 0. The molecule has 0 radical (unpaired) electrons. The number of carbonyl (C=O) groups is 3. The Kier molecular flexibility index (Phi) is 7.28. The molecular formula is C14H20O6S2. The third-order valence-electron chi connectivity index (χ3n) is 2.18. The maximum atomic E-state index is 12.2. The summed E-state index contributed by atoms with van der Waals surface area (Å²) in [6.07, 6.45) is -0.703. The van der Waals surface area contributed by atoms with Crippen molar-refractivity contribution in [3.63, 3.8) is 0 Å². The molecule has 0 aromatic heterocycles. The maximum absolute atomic E-state index is 12.2. The topological polar surface area (TPSA) is 78.9 Å². The van der Waals surface area contributed by atoms with E-state index in [1.807, 2.05) is 0 Å². The highest BCUT2D eigenvalue weighted by Gasteiger charge is 2.34. The molecule has 0 bridgehead atoms. The fourth-order valence-corrected chi connectivity index (χ4v) is 4.15. The molecule has 1 saturated heterocycles. The lowest BCUT2D eigenvalue weighted by Crippen LogP contribution is -2.23. The zero-order chi connectivity index (χ0) is 16.9. The first kappa shape index (κ1) is 18.9. The molecule has 0 amide bonds. The number of hydrogen-bond acceptors (Lipinski definition) is 8. The molecule has 0 N–H and O–H groups in total. The van der Waals surface area contributed by atoms with Gasteiger partial charge in [-0.1, -0.05) is 11.8 Å². The Morgan fingerprint density at radius 3 is 1.95 bits per heavy atom. The van der Waals surface area contributed by atoms with Gasteiger partial charge in [0.1, 0.15) is 0 Å². The van der Waals surface area contributed by atoms with Crippen LogP contribution in [0.15, 0.2) is 9.81 Å². The van der Waals surface area contributed by atoms with Gasteiger partial charge in [-0.15, -0.1) is 11.8 Å². The molecule has 8 heteroatoms. The second-order valence-corrected chi connectivity index (χ2v) is 7.50. The van der Waals surface area contributed by atoms with Gasteiger partial charge in [-0.3, -0.25) is 4.79 Å². The van der Waals surface area contributed by atoms with Crippen molar-refractivity contribution in [2.24, 2.45) is 0 Å². The van der Waals surface area contributed by atoms with Gasteiger partial charge in [-0.05, 0) is 27.7 Å². The minimum Gasteiger partial charge on any atom is -0.459 e. The van der Waals surface area contributed by atoms with Gasteiger partial charge in [0.05, 0.1) is 16.4 Å². The van der Waals surface area contributed by atoms with Crippen molar-refractivity contribution in [3.05, 3.63) is 9.81 Å². The van der Waals surface area contributed by atoms with Crippen molar-refractivity contribution < 1.29 is 28.6 Å². The Labute approximate surface area is 138 Å². The smallest absolute Gasteiger partial charge is 0.347 e. The molecule has 6 nitrogen and oxygen atoms in total. The minimum absolute atomic E-state index is 0.132. The van der Waals surface area contributed by atoms with E-state index in [9.17, 15) is 14.4 Å². The molecule has 1 unspecified atom stereocenters. The molecular weight excluding hydrogens is 328 g/mol. The van der Waals surface area contributed by atoms with Crippen molar-refractivity contribution in [2.45, 2.75) is 52.3 Å². The van der Waals surface area contributed by atoms with Gasteiger partial charge in [0, 0.05) is 12.7 Å². The Morgan fingerprint density at radius 2 is 1.55 bits per heavy atom. The average Bonchev–Trinajstić information content (AvgIpc) is 2.74. The molecule has 0 aromatic carbocycles. The lowest BCUT2D eigenvalue weighted by atomic mass is 10.3. The second kappa shape index (κ2) is 8.47. The van der Waals surface area contributed by atoms with Crippen LogP contribution in [-0.4, -0.2) is 41.3 Å². The summed E-state index contributed by atoms with van der Waals surface area (Å²) < 4.78 is 15.8. The number of ether oxygens (including phenoxy) is 3. The molecule has 0 aromatic rings. The Hall–Kier alpha value is -1.15. The summed E-state index contributed by atoms with van der Waals surface area (Å²) in [5, 5.41) is 0. The molecule has 1 fully saturated rings. The van der Waals surface area contributed by atoms with Gasteiger partial charge in [0.15, 0.2) is 11.0 Å². The third kappa shape index (κ3) is 5.92. The van der Waals surface area contributed by atoms with E-state index in [0.717, 1.165) is 11.8 Å². The zero-order valence-corrected chi connectivity index (χ0v) is 14.8. The summed E-state index contributed by atoms with van der Waals surface area (Å²) in [5.41, 5.74) is -0.557. The van der Waals surface area contributed by atoms with Gasteiger partial charge in [-0.25, -0.2) is 9.59 Å². The number of esters is 3. The van der Waals surface area contributed by atoms with Crippen LogP contribution in [0.1, 0.15) is 34.6 Å². The van der Waals surface area contributed by atoms with E-state index in [4.69, 9.17) is 14.2 Å². The largest absolute Gasteiger partial charge is 0.459 e. The molecule has 1 rings (SSSR count).